The minimum atomic E-state index is -4.53. The number of alkyl halides is 3. The van der Waals surface area contributed by atoms with Gasteiger partial charge in [0, 0.05) is 12.3 Å². The number of nitrogens with zero attached hydrogens (tertiary/aromatic N) is 3. The SMILES string of the molecule is Cc1cc2nccc(NS(=O)(=O)c3ccc(C(F)(F)F)cc3)n2n1. The second-order valence-corrected chi connectivity index (χ2v) is 6.70. The van der Waals surface area contributed by atoms with Crippen LogP contribution in [0.4, 0.5) is 19.0 Å². The van der Waals surface area contributed by atoms with Crippen LogP contribution in [0.3, 0.4) is 0 Å². The zero-order valence-corrected chi connectivity index (χ0v) is 13.1. The fourth-order valence-electron chi connectivity index (χ4n) is 2.11. The topological polar surface area (TPSA) is 76.4 Å². The summed E-state index contributed by atoms with van der Waals surface area (Å²) in [6, 6.07) is 6.30. The first-order valence-electron chi connectivity index (χ1n) is 6.68. The molecule has 0 amide bonds. The number of sulfonamides is 1. The standard InChI is InChI=1S/C14H11F3N4O2S/c1-9-8-13-18-7-6-12(21(13)19-9)20-24(22,23)11-4-2-10(3-5-11)14(15,16)17/h2-8,20H,1H3. The van der Waals surface area contributed by atoms with E-state index in [2.05, 4.69) is 14.8 Å². The molecule has 0 spiro atoms. The summed E-state index contributed by atoms with van der Waals surface area (Å²) < 4.78 is 66.0. The van der Waals surface area contributed by atoms with Gasteiger partial charge in [0.15, 0.2) is 5.65 Å². The van der Waals surface area contributed by atoms with Crippen LogP contribution in [0.1, 0.15) is 11.3 Å². The van der Waals surface area contributed by atoms with E-state index in [1.54, 1.807) is 13.0 Å². The number of fused-ring (bicyclic) bond motifs is 1. The smallest absolute Gasteiger partial charge is 0.263 e. The molecule has 24 heavy (non-hydrogen) atoms. The number of benzene rings is 1. The molecule has 3 aromatic rings. The maximum Gasteiger partial charge on any atom is 0.416 e. The highest BCUT2D eigenvalue weighted by Crippen LogP contribution is 2.30. The van der Waals surface area contributed by atoms with Crippen LogP contribution in [0, 0.1) is 6.92 Å². The van der Waals surface area contributed by atoms with E-state index in [9.17, 15) is 21.6 Å². The summed E-state index contributed by atoms with van der Waals surface area (Å²) in [4.78, 5) is 3.76. The van der Waals surface area contributed by atoms with Crippen LogP contribution in [0.25, 0.3) is 5.65 Å². The Morgan fingerprint density at radius 1 is 1.12 bits per heavy atom. The molecule has 0 aliphatic heterocycles. The van der Waals surface area contributed by atoms with Crippen LogP contribution in [-0.2, 0) is 16.2 Å². The maximum atomic E-state index is 12.6. The van der Waals surface area contributed by atoms with E-state index in [0.717, 1.165) is 24.3 Å². The Labute approximate surface area is 135 Å². The van der Waals surface area contributed by atoms with Gasteiger partial charge in [-0.1, -0.05) is 0 Å². The molecular formula is C14H11F3N4O2S. The van der Waals surface area contributed by atoms with E-state index in [1.807, 2.05) is 0 Å². The number of nitrogens with one attached hydrogen (secondary N) is 1. The molecule has 126 valence electrons. The predicted octanol–water partition coefficient (Wildman–Crippen LogP) is 2.86. The minimum absolute atomic E-state index is 0.132. The van der Waals surface area contributed by atoms with Gasteiger partial charge in [-0.05, 0) is 37.3 Å². The molecule has 0 aliphatic carbocycles. The van der Waals surface area contributed by atoms with Crippen LogP contribution in [0.15, 0.2) is 47.5 Å². The molecule has 0 aliphatic rings. The summed E-state index contributed by atoms with van der Waals surface area (Å²) in [6.07, 6.45) is -3.12. The molecule has 0 saturated carbocycles. The molecule has 0 fully saturated rings. The van der Waals surface area contributed by atoms with Crippen LogP contribution in [0.5, 0.6) is 0 Å². The average Bonchev–Trinajstić information content (AvgIpc) is 2.88. The van der Waals surface area contributed by atoms with Gasteiger partial charge < -0.3 is 0 Å². The Kier molecular flexibility index (Phi) is 3.71. The molecule has 2 aromatic heterocycles. The molecule has 2 heterocycles. The molecule has 1 aromatic carbocycles. The first-order valence-corrected chi connectivity index (χ1v) is 8.17. The number of aromatic nitrogens is 3. The van der Waals surface area contributed by atoms with Gasteiger partial charge in [0.25, 0.3) is 10.0 Å². The summed E-state index contributed by atoms with van der Waals surface area (Å²) in [5.74, 6) is 0.132. The molecule has 0 atom stereocenters. The number of aryl methyl sites for hydroxylation is 1. The molecule has 0 radical (unpaired) electrons. The second kappa shape index (κ2) is 5.48. The van der Waals surface area contributed by atoms with E-state index in [-0.39, 0.29) is 10.7 Å². The second-order valence-electron chi connectivity index (χ2n) is 5.01. The van der Waals surface area contributed by atoms with Crippen molar-refractivity contribution >= 4 is 21.5 Å². The Bertz CT molecular complexity index is 995. The van der Waals surface area contributed by atoms with E-state index in [0.29, 0.717) is 11.3 Å². The third kappa shape index (κ3) is 3.04. The van der Waals surface area contributed by atoms with Crippen molar-refractivity contribution in [2.45, 2.75) is 18.0 Å². The lowest BCUT2D eigenvalue weighted by Crippen LogP contribution is -2.16. The molecule has 0 bridgehead atoms. The number of rotatable bonds is 3. The predicted molar refractivity (Wildman–Crippen MR) is 80.0 cm³/mol. The zero-order chi connectivity index (χ0) is 17.5. The van der Waals surface area contributed by atoms with E-state index in [4.69, 9.17) is 0 Å². The Balaban J connectivity index is 1.96. The molecule has 0 saturated heterocycles. The van der Waals surface area contributed by atoms with Gasteiger partial charge in [0.05, 0.1) is 16.2 Å². The Morgan fingerprint density at radius 3 is 2.42 bits per heavy atom. The van der Waals surface area contributed by atoms with Crippen LogP contribution in [-0.4, -0.2) is 23.0 Å². The van der Waals surface area contributed by atoms with Crippen molar-refractivity contribution in [1.82, 2.24) is 14.6 Å². The van der Waals surface area contributed by atoms with Gasteiger partial charge >= 0.3 is 6.18 Å². The van der Waals surface area contributed by atoms with Crippen LogP contribution < -0.4 is 4.72 Å². The number of halogens is 3. The summed E-state index contributed by atoms with van der Waals surface area (Å²) in [5.41, 5.74) is 0.166. The van der Waals surface area contributed by atoms with Gasteiger partial charge in [-0.25, -0.2) is 13.4 Å². The van der Waals surface area contributed by atoms with Gasteiger partial charge in [-0.2, -0.15) is 22.8 Å². The van der Waals surface area contributed by atoms with Crippen LogP contribution >= 0.6 is 0 Å². The highest BCUT2D eigenvalue weighted by molar-refractivity contribution is 7.92. The maximum absolute atomic E-state index is 12.6. The summed E-state index contributed by atoms with van der Waals surface area (Å²) in [6.45, 7) is 1.73. The third-order valence-corrected chi connectivity index (χ3v) is 4.58. The lowest BCUT2D eigenvalue weighted by atomic mass is 10.2. The first kappa shape index (κ1) is 16.2. The lowest BCUT2D eigenvalue weighted by Gasteiger charge is -2.11. The number of hydrogen-bond donors (Lipinski definition) is 1. The monoisotopic (exact) mass is 356 g/mol. The summed E-state index contributed by atoms with van der Waals surface area (Å²) in [7, 11) is -4.06. The van der Waals surface area contributed by atoms with Crippen molar-refractivity contribution in [1.29, 1.82) is 0 Å². The van der Waals surface area contributed by atoms with Crippen molar-refractivity contribution in [3.05, 3.63) is 53.9 Å². The average molecular weight is 356 g/mol. The lowest BCUT2D eigenvalue weighted by molar-refractivity contribution is -0.137. The molecule has 6 nitrogen and oxygen atoms in total. The van der Waals surface area contributed by atoms with Gasteiger partial charge in [-0.3, -0.25) is 4.72 Å². The highest BCUT2D eigenvalue weighted by atomic mass is 32.2. The van der Waals surface area contributed by atoms with Gasteiger partial charge in [0.2, 0.25) is 0 Å². The van der Waals surface area contributed by atoms with E-state index < -0.39 is 21.8 Å². The first-order chi connectivity index (χ1) is 11.2. The Morgan fingerprint density at radius 2 is 1.79 bits per heavy atom. The fraction of sp³-hybridized carbons (Fsp3) is 0.143. The van der Waals surface area contributed by atoms with E-state index in [1.165, 1.54) is 16.8 Å². The summed E-state index contributed by atoms with van der Waals surface area (Å²) >= 11 is 0. The van der Waals surface area contributed by atoms with Gasteiger partial charge in [-0.15, -0.1) is 0 Å². The minimum Gasteiger partial charge on any atom is -0.263 e. The zero-order valence-electron chi connectivity index (χ0n) is 12.2. The Hall–Kier alpha value is -2.62. The van der Waals surface area contributed by atoms with Crippen molar-refractivity contribution in [2.24, 2.45) is 0 Å². The van der Waals surface area contributed by atoms with Crippen LogP contribution in [0.2, 0.25) is 0 Å². The van der Waals surface area contributed by atoms with Crippen molar-refractivity contribution in [2.75, 3.05) is 4.72 Å². The molecular weight excluding hydrogens is 345 g/mol. The summed E-state index contributed by atoms with van der Waals surface area (Å²) in [5, 5.41) is 4.12. The molecule has 1 N–H and O–H groups in total. The normalized spacial score (nSPS) is 12.5. The molecule has 0 unspecified atom stereocenters. The number of hydrogen-bond acceptors (Lipinski definition) is 4. The van der Waals surface area contributed by atoms with Crippen molar-refractivity contribution < 1.29 is 21.6 Å². The van der Waals surface area contributed by atoms with Crippen molar-refractivity contribution in [3.8, 4) is 0 Å². The number of anilines is 1. The third-order valence-electron chi connectivity index (χ3n) is 3.21. The molecule has 10 heteroatoms. The fourth-order valence-corrected chi connectivity index (χ4v) is 3.15. The van der Waals surface area contributed by atoms with Crippen molar-refractivity contribution in [3.63, 3.8) is 0 Å². The molecule has 3 rings (SSSR count). The quantitative estimate of drug-likeness (QED) is 0.783. The largest absolute Gasteiger partial charge is 0.416 e. The van der Waals surface area contributed by atoms with Gasteiger partial charge in [0.1, 0.15) is 5.82 Å². The highest BCUT2D eigenvalue weighted by Gasteiger charge is 2.30. The van der Waals surface area contributed by atoms with E-state index >= 15 is 0 Å².